The Hall–Kier alpha value is -7.77. The molecule has 24 heteroatoms. The quantitative estimate of drug-likeness (QED) is 0.0200. The predicted octanol–water partition coefficient (Wildman–Crippen LogP) is -1.09. The Morgan fingerprint density at radius 1 is 0.519 bits per heavy atom. The van der Waals surface area contributed by atoms with Gasteiger partial charge in [-0.15, -0.1) is 0 Å². The van der Waals surface area contributed by atoms with Crippen molar-refractivity contribution in [1.82, 2.24) is 47.5 Å². The van der Waals surface area contributed by atoms with Crippen LogP contribution in [0.25, 0.3) is 10.9 Å². The van der Waals surface area contributed by atoms with Gasteiger partial charge in [-0.1, -0.05) is 109 Å². The Kier molecular flexibility index (Phi) is 23.5. The average molecular weight is 1100 g/mol. The van der Waals surface area contributed by atoms with E-state index >= 15 is 0 Å². The molecule has 4 aromatic carbocycles. The van der Waals surface area contributed by atoms with Crippen LogP contribution in [-0.4, -0.2) is 141 Å². The van der Waals surface area contributed by atoms with Gasteiger partial charge in [-0.05, 0) is 35.2 Å². The first-order valence-corrected chi connectivity index (χ1v) is 25.8. The van der Waals surface area contributed by atoms with Crippen molar-refractivity contribution in [3.63, 3.8) is 0 Å². The molecule has 0 aliphatic carbocycles. The van der Waals surface area contributed by atoms with Gasteiger partial charge in [0, 0.05) is 67.3 Å². The first kappa shape index (κ1) is 60.1. The summed E-state index contributed by atoms with van der Waals surface area (Å²) in [5.41, 5.74) is 14.7. The molecule has 5 rings (SSSR count). The summed E-state index contributed by atoms with van der Waals surface area (Å²) in [6.45, 7) is 0.977. The van der Waals surface area contributed by atoms with Crippen LogP contribution in [0.5, 0.6) is 0 Å². The summed E-state index contributed by atoms with van der Waals surface area (Å²) >= 11 is 8.12. The molecule has 0 saturated heterocycles. The molecule has 0 aliphatic rings. The Balaban J connectivity index is 1.46. The number of aliphatic hydroxyl groups excluding tert-OH is 1. The van der Waals surface area contributed by atoms with Crippen molar-refractivity contribution in [2.75, 3.05) is 18.1 Å². The van der Waals surface area contributed by atoms with Crippen molar-refractivity contribution >= 4 is 89.4 Å². The van der Waals surface area contributed by atoms with E-state index in [2.05, 4.69) is 72.8 Å². The van der Waals surface area contributed by atoms with Crippen molar-refractivity contribution in [2.24, 2.45) is 11.5 Å². The molecule has 0 radical (unpaired) electrons. The summed E-state index contributed by atoms with van der Waals surface area (Å²) in [5.74, 6) is -9.09. The number of rotatable bonds is 29. The number of carboxylic acid groups (broad SMARTS) is 1. The molecular weight excluding hydrogens is 1030 g/mol. The van der Waals surface area contributed by atoms with Gasteiger partial charge in [-0.3, -0.25) is 38.4 Å². The van der Waals surface area contributed by atoms with Crippen LogP contribution in [0.2, 0.25) is 0 Å². The number of carbonyl (C=O) groups is 9. The molecule has 0 fully saturated rings. The van der Waals surface area contributed by atoms with E-state index in [4.69, 9.17) is 11.5 Å². The predicted molar refractivity (Wildman–Crippen MR) is 293 cm³/mol. The summed E-state index contributed by atoms with van der Waals surface area (Å²) in [6.07, 6.45) is -2.86. The second-order valence-corrected chi connectivity index (χ2v) is 18.8. The summed E-state index contributed by atoms with van der Waals surface area (Å²) in [7, 11) is 0. The number of hydrogen-bond acceptors (Lipinski definition) is 14. The van der Waals surface area contributed by atoms with Gasteiger partial charge in [0.05, 0.1) is 12.1 Å². The number of benzene rings is 4. The number of aromatic amines is 1. The van der Waals surface area contributed by atoms with Crippen molar-refractivity contribution in [3.8, 4) is 0 Å². The number of fused-ring (bicyclic) bond motifs is 1. The molecule has 0 spiro atoms. The zero-order chi connectivity index (χ0) is 56.0. The number of amides is 8. The summed E-state index contributed by atoms with van der Waals surface area (Å²) in [6, 6.07) is 23.0. The van der Waals surface area contributed by atoms with Crippen LogP contribution in [-0.2, 0) is 68.8 Å². The highest BCUT2D eigenvalue weighted by Gasteiger charge is 2.37. The van der Waals surface area contributed by atoms with Crippen LogP contribution in [0.4, 0.5) is 0 Å². The maximum Gasteiger partial charge on any atom is 0.327 e. The second kappa shape index (κ2) is 30.1. The minimum Gasteiger partial charge on any atom is -0.480 e. The monoisotopic (exact) mass is 1100 g/mol. The highest BCUT2D eigenvalue weighted by molar-refractivity contribution is 7.80. The molecule has 0 aliphatic heterocycles. The lowest BCUT2D eigenvalue weighted by atomic mass is 10.0. The number of carbonyl (C=O) groups excluding carboxylic acids is 8. The molecule has 8 amide bonds. The lowest BCUT2D eigenvalue weighted by molar-refractivity contribution is -0.141. The zero-order valence-electron chi connectivity index (χ0n) is 42.0. The fourth-order valence-electron chi connectivity index (χ4n) is 7.95. The molecule has 9 atom stereocenters. The van der Waals surface area contributed by atoms with E-state index in [1.165, 1.54) is 0 Å². The number of hydrogen-bond donors (Lipinski definition) is 15. The minimum atomic E-state index is -2.00. The number of aliphatic hydroxyl groups is 1. The fourth-order valence-corrected chi connectivity index (χ4v) is 8.36. The molecule has 22 nitrogen and oxygen atoms in total. The zero-order valence-corrected chi connectivity index (χ0v) is 43.8. The van der Waals surface area contributed by atoms with Gasteiger partial charge in [0.1, 0.15) is 36.3 Å². The van der Waals surface area contributed by atoms with E-state index in [0.717, 1.165) is 6.92 Å². The van der Waals surface area contributed by atoms with E-state index in [-0.39, 0.29) is 50.2 Å². The van der Waals surface area contributed by atoms with Crippen molar-refractivity contribution < 1.29 is 53.4 Å². The van der Waals surface area contributed by atoms with Crippen molar-refractivity contribution in [1.29, 1.82) is 0 Å². The van der Waals surface area contributed by atoms with Crippen LogP contribution < -0.4 is 54.0 Å². The molecule has 5 aromatic rings. The first-order chi connectivity index (χ1) is 36.9. The lowest BCUT2D eigenvalue weighted by Gasteiger charge is -2.29. The third-order valence-electron chi connectivity index (χ3n) is 12.1. The van der Waals surface area contributed by atoms with E-state index in [1.54, 1.807) is 121 Å². The van der Waals surface area contributed by atoms with E-state index in [9.17, 15) is 53.4 Å². The van der Waals surface area contributed by atoms with E-state index in [0.29, 0.717) is 33.2 Å². The third kappa shape index (κ3) is 18.5. The van der Waals surface area contributed by atoms with Crippen molar-refractivity contribution in [2.45, 2.75) is 93.6 Å². The maximum atomic E-state index is 14.8. The van der Waals surface area contributed by atoms with E-state index in [1.807, 2.05) is 0 Å². The summed E-state index contributed by atoms with van der Waals surface area (Å²) in [5, 5.41) is 41.3. The topological polar surface area (TPSA) is 358 Å². The number of nitrogens with one attached hydrogen (secondary N) is 9. The lowest BCUT2D eigenvalue weighted by Crippen LogP contribution is -2.65. The highest BCUT2D eigenvalue weighted by Crippen LogP contribution is 2.20. The largest absolute Gasteiger partial charge is 0.480 e. The normalized spacial score (nSPS) is 14.6. The highest BCUT2D eigenvalue weighted by atomic mass is 32.1. The number of aliphatic carboxylic acids is 1. The molecule has 15 N–H and O–H groups in total. The number of H-pyrrole nitrogens is 1. The SMILES string of the molecule is C[C@@H](O)[C@H](NC(=O)[C@@H](NC(=O)CCN)NC(=O)[C@@H](Cc1c[nH]c2ccccc12)NC(=O)[C@H](Cc1ccccc1)NC(=O)[C@H](Cc1ccccc1)NC(=O)[C@@H](N)CS)C(=O)N[C@@H](Cc1ccccc1)C(=O)N[C@@H](CS)C(=O)O. The smallest absolute Gasteiger partial charge is 0.327 e. The Labute approximate surface area is 455 Å². The van der Waals surface area contributed by atoms with Crippen LogP contribution in [0.15, 0.2) is 121 Å². The maximum absolute atomic E-state index is 14.8. The third-order valence-corrected chi connectivity index (χ3v) is 12.9. The standard InChI is InChI=1S/C53H65N11O11S2/c1-30(65)44(51(72)60-40(25-33-17-9-4-10-18-33)49(70)61-42(29-77)53(74)75)63-52(73)45(62-43(66)21-22-54)64-50(71)41(26-34-27-56-37-20-12-11-19-35(34)37)59-48(69)39(24-32-15-7-3-8-16-32)58-47(68)38(57-46(67)36(55)28-76)23-31-13-5-2-6-14-31/h2-20,27,30,36,38-42,44-45,56,65,76-77H,21-26,28-29,54-55H2,1H3,(H,57,67)(H,58,68)(H,59,69)(H,60,72)(H,61,70)(H,62,66)(H,63,73)(H,64,71)(H,74,75)/t30-,36+,38+,39+,40+,41-,42+,44+,45+/m1/s1. The fraction of sp³-hybridized carbons (Fsp3) is 0.340. The average Bonchev–Trinajstić information content (AvgIpc) is 3.83. The van der Waals surface area contributed by atoms with Crippen LogP contribution in [0.3, 0.4) is 0 Å². The van der Waals surface area contributed by atoms with Gasteiger partial charge in [-0.2, -0.15) is 25.3 Å². The molecule has 77 heavy (non-hydrogen) atoms. The first-order valence-electron chi connectivity index (χ1n) is 24.6. The Morgan fingerprint density at radius 2 is 0.948 bits per heavy atom. The molecule has 0 saturated carbocycles. The molecule has 410 valence electrons. The minimum absolute atomic E-state index is 0.00705. The van der Waals surface area contributed by atoms with Crippen LogP contribution in [0.1, 0.15) is 35.6 Å². The van der Waals surface area contributed by atoms with Gasteiger partial charge in [0.25, 0.3) is 5.91 Å². The van der Waals surface area contributed by atoms with Crippen LogP contribution in [0, 0.1) is 0 Å². The molecular formula is C53H65N11O11S2. The number of aromatic nitrogens is 1. The number of thiol groups is 2. The van der Waals surface area contributed by atoms with Crippen LogP contribution >= 0.6 is 25.3 Å². The summed E-state index contributed by atoms with van der Waals surface area (Å²) in [4.78, 5) is 127. The number of carboxylic acids is 1. The molecule has 1 aromatic heterocycles. The van der Waals surface area contributed by atoms with Gasteiger partial charge in [-0.25, -0.2) is 4.79 Å². The Morgan fingerprint density at radius 3 is 1.40 bits per heavy atom. The summed E-state index contributed by atoms with van der Waals surface area (Å²) < 4.78 is 0. The molecule has 0 bridgehead atoms. The molecule has 1 heterocycles. The van der Waals surface area contributed by atoms with Crippen molar-refractivity contribution in [3.05, 3.63) is 144 Å². The number of nitrogens with two attached hydrogens (primary N) is 2. The van der Waals surface area contributed by atoms with Gasteiger partial charge in [0.2, 0.25) is 41.4 Å². The van der Waals surface area contributed by atoms with Gasteiger partial charge < -0.3 is 69.2 Å². The molecule has 0 unspecified atom stereocenters. The Bertz CT molecular complexity index is 2810. The van der Waals surface area contributed by atoms with E-state index < -0.39 is 108 Å². The van der Waals surface area contributed by atoms with Gasteiger partial charge >= 0.3 is 5.97 Å². The number of para-hydroxylation sites is 1. The second-order valence-electron chi connectivity index (χ2n) is 18.0. The van der Waals surface area contributed by atoms with Gasteiger partial charge in [0.15, 0.2) is 6.17 Å².